The molecule has 0 amide bonds. The Kier molecular flexibility index (Phi) is 41.7. The first-order chi connectivity index (χ1) is 29.1. The molecule has 2 unspecified atom stereocenters. The predicted molar refractivity (Wildman–Crippen MR) is 256 cm³/mol. The summed E-state index contributed by atoms with van der Waals surface area (Å²) in [5.74, 6) is -0.337. The van der Waals surface area contributed by atoms with Crippen molar-refractivity contribution in [1.29, 1.82) is 0 Å². The SMILES string of the molecule is CC/C=C\C/C=C\C/C=C\C/C=C\C/C=C\C/C=C\CCCCCOCC(COP(=O)(O)OCC[N+](C)(C)C)OC(=O)CCCCCCC/C=C\CCCCCCCCC. The Morgan fingerprint density at radius 2 is 0.967 bits per heavy atom. The zero-order valence-corrected chi connectivity index (χ0v) is 40.1. The van der Waals surface area contributed by atoms with Crippen molar-refractivity contribution < 1.29 is 37.3 Å². The number of likely N-dealkylation sites (N-methyl/N-ethyl adjacent to an activating group) is 1. The van der Waals surface area contributed by atoms with Gasteiger partial charge >= 0.3 is 13.8 Å². The van der Waals surface area contributed by atoms with Crippen LogP contribution in [0, 0.1) is 0 Å². The molecule has 0 fully saturated rings. The highest BCUT2D eigenvalue weighted by atomic mass is 31.2. The molecule has 0 saturated heterocycles. The molecule has 8 nitrogen and oxygen atoms in total. The second-order valence-corrected chi connectivity index (χ2v) is 18.2. The van der Waals surface area contributed by atoms with Gasteiger partial charge in [0.25, 0.3) is 0 Å². The lowest BCUT2D eigenvalue weighted by molar-refractivity contribution is -0.870. The summed E-state index contributed by atoms with van der Waals surface area (Å²) in [6.45, 7) is 5.39. The number of hydrogen-bond donors (Lipinski definition) is 1. The van der Waals surface area contributed by atoms with E-state index in [4.69, 9.17) is 18.5 Å². The third-order valence-electron chi connectivity index (χ3n) is 9.69. The maximum Gasteiger partial charge on any atom is 0.472 e. The Balaban J connectivity index is 4.30. The lowest BCUT2D eigenvalue weighted by Gasteiger charge is -2.24. The number of allylic oxidation sites excluding steroid dienone is 14. The van der Waals surface area contributed by atoms with Crippen LogP contribution in [0.4, 0.5) is 0 Å². The van der Waals surface area contributed by atoms with E-state index in [2.05, 4.69) is 98.9 Å². The van der Waals surface area contributed by atoms with Gasteiger partial charge in [0.05, 0.1) is 34.4 Å². The van der Waals surface area contributed by atoms with Crippen molar-refractivity contribution in [2.24, 2.45) is 0 Å². The molecular weight excluding hydrogens is 770 g/mol. The fourth-order valence-electron chi connectivity index (χ4n) is 6.02. The highest BCUT2D eigenvalue weighted by Gasteiger charge is 2.26. The van der Waals surface area contributed by atoms with Gasteiger partial charge in [-0.15, -0.1) is 0 Å². The minimum Gasteiger partial charge on any atom is -0.457 e. The normalized spacial score (nSPS) is 14.4. The third kappa shape index (κ3) is 46.7. The van der Waals surface area contributed by atoms with E-state index >= 15 is 0 Å². The van der Waals surface area contributed by atoms with Gasteiger partial charge in [-0.05, 0) is 89.9 Å². The lowest BCUT2D eigenvalue weighted by atomic mass is 10.1. The second kappa shape index (κ2) is 43.3. The Bertz CT molecular complexity index is 1230. The first-order valence-corrected chi connectivity index (χ1v) is 25.3. The number of unbranched alkanes of at least 4 members (excludes halogenated alkanes) is 15. The molecule has 60 heavy (non-hydrogen) atoms. The van der Waals surface area contributed by atoms with Crippen LogP contribution in [0.5, 0.6) is 0 Å². The van der Waals surface area contributed by atoms with E-state index in [1.807, 2.05) is 21.1 Å². The highest BCUT2D eigenvalue weighted by Crippen LogP contribution is 2.43. The predicted octanol–water partition coefficient (Wildman–Crippen LogP) is 14.4. The highest BCUT2D eigenvalue weighted by molar-refractivity contribution is 7.47. The summed E-state index contributed by atoms with van der Waals surface area (Å²) in [6, 6.07) is 0. The molecule has 0 aromatic rings. The Morgan fingerprint density at radius 3 is 1.47 bits per heavy atom. The van der Waals surface area contributed by atoms with E-state index in [0.717, 1.165) is 96.3 Å². The number of phosphoric acid groups is 1. The van der Waals surface area contributed by atoms with E-state index in [-0.39, 0.29) is 25.8 Å². The Morgan fingerprint density at radius 1 is 0.533 bits per heavy atom. The molecular formula is C51H91NO7P+. The molecule has 0 aliphatic heterocycles. The van der Waals surface area contributed by atoms with E-state index in [1.165, 1.54) is 57.8 Å². The van der Waals surface area contributed by atoms with Gasteiger partial charge in [-0.2, -0.15) is 0 Å². The second-order valence-electron chi connectivity index (χ2n) is 16.8. The van der Waals surface area contributed by atoms with Crippen LogP contribution in [0.3, 0.4) is 0 Å². The van der Waals surface area contributed by atoms with Crippen molar-refractivity contribution in [2.45, 2.75) is 180 Å². The van der Waals surface area contributed by atoms with Gasteiger partial charge in [0, 0.05) is 13.0 Å². The number of ether oxygens (including phenoxy) is 2. The van der Waals surface area contributed by atoms with E-state index in [0.29, 0.717) is 24.1 Å². The van der Waals surface area contributed by atoms with Gasteiger partial charge in [-0.1, -0.05) is 163 Å². The molecule has 1 N–H and O–H groups in total. The average molecular weight is 861 g/mol. The molecule has 0 aromatic heterocycles. The molecule has 9 heteroatoms. The topological polar surface area (TPSA) is 91.3 Å². The Hall–Kier alpha value is -2.32. The first-order valence-electron chi connectivity index (χ1n) is 23.8. The molecule has 346 valence electrons. The van der Waals surface area contributed by atoms with Crippen molar-refractivity contribution in [3.63, 3.8) is 0 Å². The summed E-state index contributed by atoms with van der Waals surface area (Å²) < 4.78 is 35.0. The van der Waals surface area contributed by atoms with Gasteiger partial charge in [-0.25, -0.2) is 4.57 Å². The lowest BCUT2D eigenvalue weighted by Crippen LogP contribution is -2.37. The monoisotopic (exact) mass is 861 g/mol. The number of carbonyl (C=O) groups is 1. The van der Waals surface area contributed by atoms with Crippen LogP contribution >= 0.6 is 7.82 Å². The molecule has 0 bridgehead atoms. The summed E-state index contributed by atoms with van der Waals surface area (Å²) in [5, 5.41) is 0. The summed E-state index contributed by atoms with van der Waals surface area (Å²) in [4.78, 5) is 22.9. The number of esters is 1. The van der Waals surface area contributed by atoms with Crippen LogP contribution in [0.1, 0.15) is 174 Å². The summed E-state index contributed by atoms with van der Waals surface area (Å²) in [7, 11) is 1.63. The van der Waals surface area contributed by atoms with Crippen molar-refractivity contribution in [3.8, 4) is 0 Å². The number of quaternary nitrogens is 1. The number of rotatable bonds is 43. The first kappa shape index (κ1) is 57.7. The number of phosphoric ester groups is 1. The third-order valence-corrected chi connectivity index (χ3v) is 10.7. The van der Waals surface area contributed by atoms with Gasteiger partial charge in [0.15, 0.2) is 0 Å². The van der Waals surface area contributed by atoms with Gasteiger partial charge in [0.1, 0.15) is 19.3 Å². The van der Waals surface area contributed by atoms with Crippen LogP contribution in [-0.2, 0) is 27.9 Å². The fourth-order valence-corrected chi connectivity index (χ4v) is 6.76. The number of hydrogen-bond acceptors (Lipinski definition) is 6. The molecule has 0 rings (SSSR count). The molecule has 0 aromatic carbocycles. The summed E-state index contributed by atoms with van der Waals surface area (Å²) in [5.41, 5.74) is 0. The van der Waals surface area contributed by atoms with Crippen LogP contribution in [0.25, 0.3) is 0 Å². The van der Waals surface area contributed by atoms with Gasteiger partial charge < -0.3 is 18.9 Å². The molecule has 0 saturated carbocycles. The smallest absolute Gasteiger partial charge is 0.457 e. The molecule has 2 atom stereocenters. The van der Waals surface area contributed by atoms with Gasteiger partial charge in [0.2, 0.25) is 0 Å². The minimum atomic E-state index is -4.29. The van der Waals surface area contributed by atoms with E-state index < -0.39 is 13.9 Å². The van der Waals surface area contributed by atoms with Crippen LogP contribution < -0.4 is 0 Å². The molecule has 0 radical (unpaired) electrons. The van der Waals surface area contributed by atoms with Crippen molar-refractivity contribution in [1.82, 2.24) is 0 Å². The molecule has 0 heterocycles. The average Bonchev–Trinajstić information content (AvgIpc) is 3.20. The molecule has 0 spiro atoms. The largest absolute Gasteiger partial charge is 0.472 e. The number of nitrogens with zero attached hydrogens (tertiary/aromatic N) is 1. The zero-order chi connectivity index (χ0) is 44.1. The zero-order valence-electron chi connectivity index (χ0n) is 39.2. The van der Waals surface area contributed by atoms with Crippen molar-refractivity contribution in [2.75, 3.05) is 54.1 Å². The van der Waals surface area contributed by atoms with Crippen LogP contribution in [-0.4, -0.2) is 75.6 Å². The van der Waals surface area contributed by atoms with Crippen LogP contribution in [0.15, 0.2) is 85.1 Å². The molecule has 0 aliphatic rings. The quantitative estimate of drug-likeness (QED) is 0.0215. The minimum absolute atomic E-state index is 0.0757. The molecule has 0 aliphatic carbocycles. The summed E-state index contributed by atoms with van der Waals surface area (Å²) >= 11 is 0. The maximum atomic E-state index is 12.7. The summed E-state index contributed by atoms with van der Waals surface area (Å²) in [6.07, 6.45) is 57.7. The number of carbonyl (C=O) groups excluding carboxylic acids is 1. The van der Waals surface area contributed by atoms with E-state index in [9.17, 15) is 14.3 Å². The van der Waals surface area contributed by atoms with Crippen LogP contribution in [0.2, 0.25) is 0 Å². The maximum absolute atomic E-state index is 12.7. The van der Waals surface area contributed by atoms with Crippen molar-refractivity contribution in [3.05, 3.63) is 85.1 Å². The van der Waals surface area contributed by atoms with Crippen molar-refractivity contribution >= 4 is 13.8 Å². The fraction of sp³-hybridized carbons (Fsp3) is 0.706. The van der Waals surface area contributed by atoms with Gasteiger partial charge in [-0.3, -0.25) is 13.8 Å². The standard InChI is InChI=1S/C51H90NO7P/c1-6-8-10-12-14-16-18-20-22-24-25-26-27-28-29-31-33-35-37-39-41-43-46-56-48-50(49-58-60(54,55)57-47-45-52(3,4)5)59-51(53)44-42-40-38-36-34-32-30-23-21-19-17-15-13-11-9-7-2/h8,10,14,16,20,22-23,25-26,28-30,33,35,50H,6-7,9,11-13,15,17-19,21,24,27,31-32,34,36-49H2,1-5H3/p+1/b10-8-,16-14-,22-20-,26-25-,29-28-,30-23-,35-33-. The Labute approximate surface area is 369 Å². The van der Waals surface area contributed by atoms with E-state index in [1.54, 1.807) is 0 Å².